The number of rotatable bonds is 10. The Labute approximate surface area is 123 Å². The van der Waals surface area contributed by atoms with E-state index in [0.717, 1.165) is 0 Å². The SMILES string of the molecule is COCCOCCCOc1ccc(C(C)=O)c([N+](=O)[O-])c1. The number of carbonyl (C=O) groups excluding carboxylic acids is 1. The summed E-state index contributed by atoms with van der Waals surface area (Å²) in [5.41, 5.74) is -0.161. The topological polar surface area (TPSA) is 87.9 Å². The summed E-state index contributed by atoms with van der Waals surface area (Å²) < 4.78 is 15.5. The fourth-order valence-electron chi connectivity index (χ4n) is 1.65. The first-order valence-corrected chi connectivity index (χ1v) is 6.55. The van der Waals surface area contributed by atoms with Crippen LogP contribution < -0.4 is 4.74 Å². The van der Waals surface area contributed by atoms with Crippen molar-refractivity contribution in [2.24, 2.45) is 0 Å². The summed E-state index contributed by atoms with van der Waals surface area (Å²) in [6.07, 6.45) is 0.659. The molecule has 0 atom stereocenters. The molecular formula is C14H19NO6. The highest BCUT2D eigenvalue weighted by Gasteiger charge is 2.18. The van der Waals surface area contributed by atoms with Gasteiger partial charge in [0.1, 0.15) is 5.75 Å². The second kappa shape index (κ2) is 9.04. The van der Waals surface area contributed by atoms with Crippen molar-refractivity contribution in [3.63, 3.8) is 0 Å². The summed E-state index contributed by atoms with van der Waals surface area (Å²) >= 11 is 0. The van der Waals surface area contributed by atoms with Crippen molar-refractivity contribution in [3.8, 4) is 5.75 Å². The Morgan fingerprint density at radius 1 is 1.24 bits per heavy atom. The van der Waals surface area contributed by atoms with E-state index in [1.54, 1.807) is 13.2 Å². The fourth-order valence-corrected chi connectivity index (χ4v) is 1.65. The summed E-state index contributed by atoms with van der Waals surface area (Å²) in [5.74, 6) is 0.0170. The molecule has 21 heavy (non-hydrogen) atoms. The first-order valence-electron chi connectivity index (χ1n) is 6.55. The van der Waals surface area contributed by atoms with Crippen LogP contribution >= 0.6 is 0 Å². The molecule has 0 bridgehead atoms. The molecule has 0 aliphatic carbocycles. The number of methoxy groups -OCH3 is 1. The predicted molar refractivity (Wildman–Crippen MR) is 75.9 cm³/mol. The molecule has 1 aromatic rings. The van der Waals surface area contributed by atoms with Gasteiger partial charge >= 0.3 is 0 Å². The van der Waals surface area contributed by atoms with Crippen molar-refractivity contribution in [1.29, 1.82) is 0 Å². The highest BCUT2D eigenvalue weighted by molar-refractivity contribution is 5.98. The molecule has 0 fully saturated rings. The lowest BCUT2D eigenvalue weighted by atomic mass is 10.1. The Bertz CT molecular complexity index is 488. The van der Waals surface area contributed by atoms with Crippen molar-refractivity contribution in [2.75, 3.05) is 33.5 Å². The van der Waals surface area contributed by atoms with E-state index in [1.165, 1.54) is 19.1 Å². The highest BCUT2D eigenvalue weighted by Crippen LogP contribution is 2.25. The van der Waals surface area contributed by atoms with Crippen LogP contribution in [0.1, 0.15) is 23.7 Å². The number of ketones is 1. The fraction of sp³-hybridized carbons (Fsp3) is 0.500. The van der Waals surface area contributed by atoms with E-state index in [-0.39, 0.29) is 17.0 Å². The minimum absolute atomic E-state index is 0.0789. The quantitative estimate of drug-likeness (QED) is 0.285. The monoisotopic (exact) mass is 297 g/mol. The van der Waals surface area contributed by atoms with Gasteiger partial charge in [0.05, 0.1) is 36.4 Å². The molecule has 0 aliphatic heterocycles. The van der Waals surface area contributed by atoms with Crippen molar-refractivity contribution < 1.29 is 23.9 Å². The maximum Gasteiger partial charge on any atom is 0.283 e. The summed E-state index contributed by atoms with van der Waals surface area (Å²) in [5, 5.41) is 10.9. The molecule has 0 heterocycles. The molecule has 1 aromatic carbocycles. The van der Waals surface area contributed by atoms with Crippen LogP contribution in [0, 0.1) is 10.1 Å². The normalized spacial score (nSPS) is 10.4. The van der Waals surface area contributed by atoms with Gasteiger partial charge < -0.3 is 14.2 Å². The first-order chi connectivity index (χ1) is 10.1. The largest absolute Gasteiger partial charge is 0.493 e. The van der Waals surface area contributed by atoms with Gasteiger partial charge in [-0.1, -0.05) is 0 Å². The van der Waals surface area contributed by atoms with Crippen LogP contribution in [-0.4, -0.2) is 44.2 Å². The lowest BCUT2D eigenvalue weighted by Gasteiger charge is -2.07. The van der Waals surface area contributed by atoms with E-state index >= 15 is 0 Å². The van der Waals surface area contributed by atoms with E-state index < -0.39 is 4.92 Å². The van der Waals surface area contributed by atoms with Gasteiger partial charge in [0.2, 0.25) is 0 Å². The summed E-state index contributed by atoms with van der Waals surface area (Å²) in [6, 6.07) is 4.23. The van der Waals surface area contributed by atoms with Crippen molar-refractivity contribution >= 4 is 11.5 Å². The van der Waals surface area contributed by atoms with Crippen LogP contribution in [0.4, 0.5) is 5.69 Å². The van der Waals surface area contributed by atoms with Gasteiger partial charge in [-0.05, 0) is 19.1 Å². The van der Waals surface area contributed by atoms with Gasteiger partial charge in [0, 0.05) is 20.1 Å². The van der Waals surface area contributed by atoms with Crippen molar-refractivity contribution in [1.82, 2.24) is 0 Å². The molecule has 0 spiro atoms. The lowest BCUT2D eigenvalue weighted by Crippen LogP contribution is -2.07. The number of carbonyl (C=O) groups is 1. The van der Waals surface area contributed by atoms with Gasteiger partial charge in [0.15, 0.2) is 5.78 Å². The summed E-state index contributed by atoms with van der Waals surface area (Å²) in [7, 11) is 1.60. The van der Waals surface area contributed by atoms with Gasteiger partial charge in [-0.25, -0.2) is 0 Å². The molecule has 0 saturated heterocycles. The lowest BCUT2D eigenvalue weighted by molar-refractivity contribution is -0.385. The molecule has 0 radical (unpaired) electrons. The summed E-state index contributed by atoms with van der Waals surface area (Å²) in [6.45, 7) is 3.26. The minimum atomic E-state index is -0.586. The molecule has 0 unspecified atom stereocenters. The Hall–Kier alpha value is -1.99. The average molecular weight is 297 g/mol. The van der Waals surface area contributed by atoms with E-state index in [2.05, 4.69) is 0 Å². The third kappa shape index (κ3) is 5.88. The number of hydrogen-bond donors (Lipinski definition) is 0. The number of Topliss-reactive ketones (excluding diaryl/α,β-unsaturated/α-hetero) is 1. The molecule has 1 rings (SSSR count). The number of nitro groups is 1. The van der Waals surface area contributed by atoms with Crippen LogP contribution in [0.2, 0.25) is 0 Å². The molecule has 0 aromatic heterocycles. The molecular weight excluding hydrogens is 278 g/mol. The summed E-state index contributed by atoms with van der Waals surface area (Å²) in [4.78, 5) is 21.6. The third-order valence-electron chi connectivity index (χ3n) is 2.68. The maximum absolute atomic E-state index is 11.3. The zero-order chi connectivity index (χ0) is 15.7. The maximum atomic E-state index is 11.3. The molecule has 7 nitrogen and oxygen atoms in total. The van der Waals surface area contributed by atoms with E-state index in [0.29, 0.717) is 38.6 Å². The Balaban J connectivity index is 2.47. The Kier molecular flexibility index (Phi) is 7.34. The molecule has 0 aliphatic rings. The molecule has 0 amide bonds. The zero-order valence-electron chi connectivity index (χ0n) is 12.2. The molecule has 0 N–H and O–H groups in total. The number of hydrogen-bond acceptors (Lipinski definition) is 6. The number of benzene rings is 1. The predicted octanol–water partition coefficient (Wildman–Crippen LogP) is 2.23. The number of nitro benzene ring substituents is 1. The standard InChI is InChI=1S/C14H19NO6/c1-11(16)13-5-4-12(10-14(13)15(17)18)21-7-3-6-20-9-8-19-2/h4-5,10H,3,6-9H2,1-2H3. The number of ether oxygens (including phenoxy) is 3. The Morgan fingerprint density at radius 3 is 2.62 bits per heavy atom. The third-order valence-corrected chi connectivity index (χ3v) is 2.68. The van der Waals surface area contributed by atoms with Crippen LogP contribution in [0.15, 0.2) is 18.2 Å². The zero-order valence-corrected chi connectivity index (χ0v) is 12.2. The van der Waals surface area contributed by atoms with Gasteiger partial charge in [-0.2, -0.15) is 0 Å². The van der Waals surface area contributed by atoms with Crippen LogP contribution in [-0.2, 0) is 9.47 Å². The van der Waals surface area contributed by atoms with E-state index in [1.807, 2.05) is 0 Å². The second-order valence-corrected chi connectivity index (χ2v) is 4.30. The highest BCUT2D eigenvalue weighted by atomic mass is 16.6. The average Bonchev–Trinajstić information content (AvgIpc) is 2.46. The van der Waals surface area contributed by atoms with E-state index in [9.17, 15) is 14.9 Å². The first kappa shape index (κ1) is 17.1. The Morgan fingerprint density at radius 2 is 2.00 bits per heavy atom. The smallest absolute Gasteiger partial charge is 0.283 e. The number of nitrogens with zero attached hydrogens (tertiary/aromatic N) is 1. The van der Waals surface area contributed by atoms with Crippen LogP contribution in [0.25, 0.3) is 0 Å². The van der Waals surface area contributed by atoms with Gasteiger partial charge in [0.25, 0.3) is 5.69 Å². The van der Waals surface area contributed by atoms with Crippen molar-refractivity contribution in [2.45, 2.75) is 13.3 Å². The minimum Gasteiger partial charge on any atom is -0.493 e. The van der Waals surface area contributed by atoms with Crippen LogP contribution in [0.5, 0.6) is 5.75 Å². The molecule has 0 saturated carbocycles. The van der Waals surface area contributed by atoms with Crippen LogP contribution in [0.3, 0.4) is 0 Å². The van der Waals surface area contributed by atoms with E-state index in [4.69, 9.17) is 14.2 Å². The van der Waals surface area contributed by atoms with Gasteiger partial charge in [-0.15, -0.1) is 0 Å². The van der Waals surface area contributed by atoms with Crippen molar-refractivity contribution in [3.05, 3.63) is 33.9 Å². The molecule has 116 valence electrons. The molecule has 7 heteroatoms. The van der Waals surface area contributed by atoms with Gasteiger partial charge in [-0.3, -0.25) is 14.9 Å². The second-order valence-electron chi connectivity index (χ2n) is 4.30.